The first-order valence-electron chi connectivity index (χ1n) is 14.3. The predicted molar refractivity (Wildman–Crippen MR) is 173 cm³/mol. The minimum atomic E-state index is -2.13. The van der Waals surface area contributed by atoms with Crippen molar-refractivity contribution >= 4 is 85.7 Å². The van der Waals surface area contributed by atoms with E-state index >= 15 is 0 Å². The fraction of sp³-hybridized carbons (Fsp3) is 0.273. The number of hydrogen-bond acceptors (Lipinski definition) is 6. The summed E-state index contributed by atoms with van der Waals surface area (Å²) in [4.78, 5) is 54.5. The molecule has 2 aliphatic carbocycles. The molecule has 3 fully saturated rings. The molecular weight excluding hydrogens is 726 g/mol. The zero-order valence-corrected chi connectivity index (χ0v) is 27.7. The van der Waals surface area contributed by atoms with Gasteiger partial charge in [-0.15, -0.1) is 23.2 Å². The van der Waals surface area contributed by atoms with Crippen LogP contribution in [-0.4, -0.2) is 45.6 Å². The lowest BCUT2D eigenvalue weighted by atomic mass is 9.56. The number of rotatable bonds is 4. The van der Waals surface area contributed by atoms with Crippen molar-refractivity contribution in [2.24, 2.45) is 17.8 Å². The van der Waals surface area contributed by atoms with Gasteiger partial charge in [-0.2, -0.15) is 0 Å². The molecule has 4 amide bonds. The summed E-state index contributed by atoms with van der Waals surface area (Å²) in [6.07, 6.45) is 1.75. The number of imide groups is 2. The summed E-state index contributed by atoms with van der Waals surface area (Å²) in [5.74, 6) is -6.76. The van der Waals surface area contributed by atoms with Crippen molar-refractivity contribution in [1.29, 1.82) is 0 Å². The first-order valence-corrected chi connectivity index (χ1v) is 16.2. The number of alkyl halides is 2. The first-order chi connectivity index (χ1) is 21.8. The first kappa shape index (κ1) is 31.2. The zero-order valence-electron chi connectivity index (χ0n) is 23.8. The van der Waals surface area contributed by atoms with Gasteiger partial charge in [0.1, 0.15) is 5.82 Å². The minimum absolute atomic E-state index is 0.0643. The summed E-state index contributed by atoms with van der Waals surface area (Å²) in [6, 6.07) is 14.2. The molecule has 3 aromatic carbocycles. The Morgan fingerprint density at radius 1 is 0.913 bits per heavy atom. The highest BCUT2D eigenvalue weighted by molar-refractivity contribution is 9.10. The fourth-order valence-electron chi connectivity index (χ4n) is 7.53. The van der Waals surface area contributed by atoms with Crippen LogP contribution in [0.3, 0.4) is 0 Å². The van der Waals surface area contributed by atoms with Crippen LogP contribution in [0.25, 0.3) is 0 Å². The highest BCUT2D eigenvalue weighted by atomic mass is 79.9. The number of carbonyl (C=O) groups is 4. The number of methoxy groups -OCH3 is 1. The molecule has 6 unspecified atom stereocenters. The van der Waals surface area contributed by atoms with Crippen molar-refractivity contribution in [3.8, 4) is 11.5 Å². The average Bonchev–Trinajstić information content (AvgIpc) is 3.37. The quantitative estimate of drug-likeness (QED) is 0.181. The molecule has 2 heterocycles. The molecular formula is C33H23BrCl3FN2O6. The van der Waals surface area contributed by atoms with Gasteiger partial charge in [-0.1, -0.05) is 23.3 Å². The number of benzene rings is 3. The van der Waals surface area contributed by atoms with Crippen LogP contribution < -0.4 is 14.5 Å². The number of anilines is 2. The van der Waals surface area contributed by atoms with Crippen molar-refractivity contribution in [3.63, 3.8) is 0 Å². The summed E-state index contributed by atoms with van der Waals surface area (Å²) in [5.41, 5.74) is 1.37. The molecule has 0 aromatic heterocycles. The second-order valence-electron chi connectivity index (χ2n) is 11.8. The van der Waals surface area contributed by atoms with Crippen molar-refractivity contribution in [2.45, 2.75) is 28.5 Å². The van der Waals surface area contributed by atoms with Crippen LogP contribution in [0.15, 0.2) is 76.8 Å². The van der Waals surface area contributed by atoms with Gasteiger partial charge in [-0.3, -0.25) is 24.1 Å². The van der Waals surface area contributed by atoms with Crippen LogP contribution in [0.1, 0.15) is 24.3 Å². The van der Waals surface area contributed by atoms with Crippen molar-refractivity contribution < 1.29 is 33.4 Å². The molecule has 13 heteroatoms. The maximum absolute atomic E-state index is 14.5. The van der Waals surface area contributed by atoms with E-state index in [1.165, 1.54) is 25.3 Å². The largest absolute Gasteiger partial charge is 0.503 e. The third kappa shape index (κ3) is 4.16. The molecule has 2 saturated heterocycles. The number of ether oxygens (including phenoxy) is 1. The van der Waals surface area contributed by atoms with Crippen LogP contribution in [0, 0.1) is 23.6 Å². The van der Waals surface area contributed by atoms with E-state index in [1.807, 2.05) is 0 Å². The SMILES string of the molecule is COc1cc(C2C3=CCC4C(=O)N(c5ccc(Cl)cc5)C(=O)C4C3CC3(Cl)C(=O)N(c4ccc(F)cc4)C(=O)C23Cl)cc(Br)c1O. The number of phenols is 1. The Balaban J connectivity index is 1.42. The van der Waals surface area contributed by atoms with Crippen LogP contribution in [0.4, 0.5) is 15.8 Å². The average molecular weight is 749 g/mol. The lowest BCUT2D eigenvalue weighted by molar-refractivity contribution is -0.125. The molecule has 46 heavy (non-hydrogen) atoms. The number of allylic oxidation sites excluding steroid dienone is 2. The summed E-state index contributed by atoms with van der Waals surface area (Å²) in [7, 11) is 1.36. The number of nitrogens with zero attached hydrogens (tertiary/aromatic N) is 2. The smallest absolute Gasteiger partial charge is 0.258 e. The number of hydrogen-bond donors (Lipinski definition) is 1. The van der Waals surface area contributed by atoms with E-state index in [-0.39, 0.29) is 34.5 Å². The standard InChI is InChI=1S/C33H23BrCl3FN2O6/c1-46-24-13-15(12-23(34)27(24)41)26-20-10-11-21-25(29(43)39(28(21)42)18-6-2-16(35)3-7-18)22(20)14-32(36)30(44)40(31(45)33(26,32)37)19-8-4-17(38)5-9-19/h2-10,12-13,21-22,25-26,41H,11,14H2,1H3. The summed E-state index contributed by atoms with van der Waals surface area (Å²) in [6.45, 7) is 0. The number of aromatic hydroxyl groups is 1. The van der Waals surface area contributed by atoms with Gasteiger partial charge < -0.3 is 9.84 Å². The van der Waals surface area contributed by atoms with E-state index in [0.717, 1.165) is 21.9 Å². The molecule has 0 bridgehead atoms. The van der Waals surface area contributed by atoms with Crippen molar-refractivity contribution in [1.82, 2.24) is 0 Å². The van der Waals surface area contributed by atoms with Gasteiger partial charge in [-0.25, -0.2) is 9.29 Å². The predicted octanol–water partition coefficient (Wildman–Crippen LogP) is 6.72. The van der Waals surface area contributed by atoms with Crippen LogP contribution >= 0.6 is 50.7 Å². The van der Waals surface area contributed by atoms with Gasteiger partial charge in [0.15, 0.2) is 21.2 Å². The van der Waals surface area contributed by atoms with Gasteiger partial charge in [0.05, 0.1) is 34.8 Å². The van der Waals surface area contributed by atoms with Crippen LogP contribution in [0.2, 0.25) is 5.02 Å². The highest BCUT2D eigenvalue weighted by Gasteiger charge is 2.76. The maximum atomic E-state index is 14.5. The molecule has 1 N–H and O–H groups in total. The number of fused-ring (bicyclic) bond motifs is 4. The Hall–Kier alpha value is -3.44. The monoisotopic (exact) mass is 746 g/mol. The molecule has 0 spiro atoms. The van der Waals surface area contributed by atoms with E-state index in [4.69, 9.17) is 39.5 Å². The number of halogens is 5. The maximum Gasteiger partial charge on any atom is 0.258 e. The van der Waals surface area contributed by atoms with E-state index in [9.17, 15) is 28.7 Å². The highest BCUT2D eigenvalue weighted by Crippen LogP contribution is 2.66. The summed E-state index contributed by atoms with van der Waals surface area (Å²) in [5, 5.41) is 11.0. The van der Waals surface area contributed by atoms with E-state index < -0.39 is 62.9 Å². The van der Waals surface area contributed by atoms with Crippen molar-refractivity contribution in [2.75, 3.05) is 16.9 Å². The zero-order chi connectivity index (χ0) is 32.9. The van der Waals surface area contributed by atoms with E-state index in [2.05, 4.69) is 15.9 Å². The minimum Gasteiger partial charge on any atom is -0.503 e. The summed E-state index contributed by atoms with van der Waals surface area (Å²) < 4.78 is 19.5. The topological polar surface area (TPSA) is 104 Å². The van der Waals surface area contributed by atoms with Gasteiger partial charge in [-0.05, 0) is 101 Å². The number of phenolic OH excluding ortho intramolecular Hbond substituents is 1. The second-order valence-corrected chi connectivity index (χ2v) is 14.3. The fourth-order valence-corrected chi connectivity index (χ4v) is 9.05. The van der Waals surface area contributed by atoms with Gasteiger partial charge in [0, 0.05) is 10.9 Å². The Bertz CT molecular complexity index is 1890. The second kappa shape index (κ2) is 10.8. The number of amides is 4. The lowest BCUT2D eigenvalue weighted by Crippen LogP contribution is -2.60. The lowest BCUT2D eigenvalue weighted by Gasteiger charge is -2.50. The van der Waals surface area contributed by atoms with E-state index in [1.54, 1.807) is 36.4 Å². The molecule has 6 atom stereocenters. The van der Waals surface area contributed by atoms with Gasteiger partial charge >= 0.3 is 0 Å². The number of carbonyl (C=O) groups excluding carboxylic acids is 4. The normalized spacial score (nSPS) is 30.3. The Morgan fingerprint density at radius 3 is 2.20 bits per heavy atom. The van der Waals surface area contributed by atoms with Crippen LogP contribution in [-0.2, 0) is 19.2 Å². The Morgan fingerprint density at radius 2 is 1.54 bits per heavy atom. The van der Waals surface area contributed by atoms with Crippen molar-refractivity contribution in [3.05, 3.63) is 93.2 Å². The van der Waals surface area contributed by atoms with E-state index in [0.29, 0.717) is 21.8 Å². The molecule has 3 aromatic rings. The Labute approximate surface area is 285 Å². The third-order valence-electron chi connectivity index (χ3n) is 9.58. The molecule has 2 aliphatic heterocycles. The molecule has 7 rings (SSSR count). The molecule has 0 radical (unpaired) electrons. The molecule has 236 valence electrons. The molecule has 4 aliphatic rings. The van der Waals surface area contributed by atoms with Gasteiger partial charge in [0.25, 0.3) is 11.8 Å². The molecule has 8 nitrogen and oxygen atoms in total. The molecule has 1 saturated carbocycles. The van der Waals surface area contributed by atoms with Gasteiger partial charge in [0.2, 0.25) is 11.8 Å². The third-order valence-corrected chi connectivity index (χ3v) is 11.9. The Kier molecular flexibility index (Phi) is 7.32. The summed E-state index contributed by atoms with van der Waals surface area (Å²) >= 11 is 24.2. The van der Waals surface area contributed by atoms with Crippen LogP contribution in [0.5, 0.6) is 11.5 Å².